The Morgan fingerprint density at radius 1 is 1.60 bits per heavy atom. The van der Waals surface area contributed by atoms with Crippen LogP contribution in [0.3, 0.4) is 0 Å². The molecule has 0 atom stereocenters. The molecule has 4 heteroatoms. The molecule has 0 radical (unpaired) electrons. The van der Waals surface area contributed by atoms with Crippen LogP contribution in [0.4, 0.5) is 5.69 Å². The monoisotopic (exact) mass is 206 g/mol. The molecule has 0 bridgehead atoms. The normalized spacial score (nSPS) is 17.5. The van der Waals surface area contributed by atoms with Crippen LogP contribution in [0.2, 0.25) is 0 Å². The van der Waals surface area contributed by atoms with E-state index >= 15 is 0 Å². The Kier molecular flexibility index (Phi) is 2.34. The minimum atomic E-state index is -0.185. The molecular formula is C11H14N2O2. The molecule has 2 heterocycles. The van der Waals surface area contributed by atoms with Crippen LogP contribution >= 0.6 is 0 Å². The number of rotatable bonds is 2. The number of anilines is 1. The third kappa shape index (κ3) is 1.93. The third-order valence-corrected chi connectivity index (χ3v) is 2.53. The van der Waals surface area contributed by atoms with Gasteiger partial charge in [-0.05, 0) is 32.8 Å². The highest BCUT2D eigenvalue weighted by atomic mass is 16.5. The molecule has 1 aliphatic rings. The first-order valence-corrected chi connectivity index (χ1v) is 4.99. The van der Waals surface area contributed by atoms with Gasteiger partial charge >= 0.3 is 0 Å². The summed E-state index contributed by atoms with van der Waals surface area (Å²) in [7, 11) is 0. The maximum Gasteiger partial charge on any atom is 0.211 e. The van der Waals surface area contributed by atoms with Crippen molar-refractivity contribution in [3.05, 3.63) is 18.0 Å². The molecule has 0 unspecified atom stereocenters. The van der Waals surface area contributed by atoms with Crippen molar-refractivity contribution < 1.29 is 9.53 Å². The van der Waals surface area contributed by atoms with Crippen molar-refractivity contribution in [2.45, 2.75) is 32.3 Å². The van der Waals surface area contributed by atoms with E-state index in [1.807, 2.05) is 13.8 Å². The Morgan fingerprint density at radius 2 is 2.40 bits per heavy atom. The van der Waals surface area contributed by atoms with Crippen LogP contribution in [0.15, 0.2) is 12.3 Å². The van der Waals surface area contributed by atoms with Gasteiger partial charge < -0.3 is 10.1 Å². The SMILES string of the molecule is CC1(C)CCc2nccc(NC=O)c2O1. The Balaban J connectivity index is 2.40. The number of carbonyl (C=O) groups is 1. The number of nitrogens with zero attached hydrogens (tertiary/aromatic N) is 1. The molecule has 80 valence electrons. The Morgan fingerprint density at radius 3 is 3.13 bits per heavy atom. The molecular weight excluding hydrogens is 192 g/mol. The average molecular weight is 206 g/mol. The average Bonchev–Trinajstić information content (AvgIpc) is 2.18. The van der Waals surface area contributed by atoms with E-state index in [9.17, 15) is 4.79 Å². The summed E-state index contributed by atoms with van der Waals surface area (Å²) in [4.78, 5) is 14.7. The summed E-state index contributed by atoms with van der Waals surface area (Å²) in [6.45, 7) is 4.07. The van der Waals surface area contributed by atoms with Gasteiger partial charge in [-0.15, -0.1) is 0 Å². The zero-order valence-corrected chi connectivity index (χ0v) is 8.91. The van der Waals surface area contributed by atoms with E-state index in [0.29, 0.717) is 17.8 Å². The van der Waals surface area contributed by atoms with Crippen molar-refractivity contribution in [2.24, 2.45) is 0 Å². The number of aromatic nitrogens is 1. The smallest absolute Gasteiger partial charge is 0.211 e. The lowest BCUT2D eigenvalue weighted by molar-refractivity contribution is -0.105. The highest BCUT2D eigenvalue weighted by molar-refractivity contribution is 5.76. The number of fused-ring (bicyclic) bond motifs is 1. The Bertz CT molecular complexity index is 388. The van der Waals surface area contributed by atoms with Crippen molar-refractivity contribution in [2.75, 3.05) is 5.32 Å². The number of hydrogen-bond acceptors (Lipinski definition) is 3. The number of amides is 1. The minimum absolute atomic E-state index is 0.185. The van der Waals surface area contributed by atoms with Gasteiger partial charge in [-0.2, -0.15) is 0 Å². The second kappa shape index (κ2) is 3.53. The van der Waals surface area contributed by atoms with E-state index < -0.39 is 0 Å². The standard InChI is InChI=1S/C11H14N2O2/c1-11(2)5-3-8-10(15-11)9(13-7-14)4-6-12-8/h4,6-7H,3,5H2,1-2H3,(H,12,13,14). The molecule has 1 aliphatic heterocycles. The van der Waals surface area contributed by atoms with Gasteiger partial charge in [0.1, 0.15) is 5.60 Å². The highest BCUT2D eigenvalue weighted by Crippen LogP contribution is 2.36. The van der Waals surface area contributed by atoms with Crippen molar-refractivity contribution >= 4 is 12.1 Å². The molecule has 1 N–H and O–H groups in total. The summed E-state index contributed by atoms with van der Waals surface area (Å²) >= 11 is 0. The first-order valence-electron chi connectivity index (χ1n) is 4.99. The summed E-state index contributed by atoms with van der Waals surface area (Å²) in [5, 5.41) is 2.63. The van der Waals surface area contributed by atoms with E-state index in [1.165, 1.54) is 0 Å². The van der Waals surface area contributed by atoms with Crippen LogP contribution in [0, 0.1) is 0 Å². The largest absolute Gasteiger partial charge is 0.484 e. The zero-order valence-electron chi connectivity index (χ0n) is 8.91. The highest BCUT2D eigenvalue weighted by Gasteiger charge is 2.28. The van der Waals surface area contributed by atoms with E-state index in [0.717, 1.165) is 18.5 Å². The quantitative estimate of drug-likeness (QED) is 0.750. The summed E-state index contributed by atoms with van der Waals surface area (Å²) in [6, 6.07) is 1.74. The van der Waals surface area contributed by atoms with E-state index in [4.69, 9.17) is 4.74 Å². The molecule has 0 aromatic carbocycles. The van der Waals surface area contributed by atoms with E-state index in [2.05, 4.69) is 10.3 Å². The Labute approximate surface area is 88.7 Å². The molecule has 1 amide bonds. The van der Waals surface area contributed by atoms with Crippen LogP contribution in [0.1, 0.15) is 26.0 Å². The van der Waals surface area contributed by atoms with Gasteiger partial charge in [0.05, 0.1) is 11.4 Å². The fourth-order valence-electron chi connectivity index (χ4n) is 1.71. The number of ether oxygens (including phenoxy) is 1. The lowest BCUT2D eigenvalue weighted by Crippen LogP contribution is -2.33. The van der Waals surface area contributed by atoms with Gasteiger partial charge in [-0.1, -0.05) is 0 Å². The van der Waals surface area contributed by atoms with Crippen LogP contribution < -0.4 is 10.1 Å². The molecule has 0 fully saturated rings. The van der Waals surface area contributed by atoms with Gasteiger partial charge in [0.2, 0.25) is 6.41 Å². The lowest BCUT2D eigenvalue weighted by atomic mass is 9.97. The molecule has 2 rings (SSSR count). The Hall–Kier alpha value is -1.58. The molecule has 0 spiro atoms. The van der Waals surface area contributed by atoms with Gasteiger partial charge in [0, 0.05) is 6.20 Å². The van der Waals surface area contributed by atoms with Crippen molar-refractivity contribution in [1.82, 2.24) is 4.98 Å². The van der Waals surface area contributed by atoms with Gasteiger partial charge in [-0.3, -0.25) is 9.78 Å². The molecule has 15 heavy (non-hydrogen) atoms. The molecule has 0 saturated carbocycles. The van der Waals surface area contributed by atoms with Crippen molar-refractivity contribution in [3.8, 4) is 5.75 Å². The zero-order chi connectivity index (χ0) is 10.9. The molecule has 4 nitrogen and oxygen atoms in total. The number of hydrogen-bond donors (Lipinski definition) is 1. The fraction of sp³-hybridized carbons (Fsp3) is 0.455. The number of pyridine rings is 1. The summed E-state index contributed by atoms with van der Waals surface area (Å²) in [5.41, 5.74) is 1.43. The predicted octanol–water partition coefficient (Wildman–Crippen LogP) is 1.75. The molecule has 1 aromatic heterocycles. The van der Waals surface area contributed by atoms with Gasteiger partial charge in [0.15, 0.2) is 5.75 Å². The molecule has 0 aliphatic carbocycles. The maximum atomic E-state index is 10.4. The lowest BCUT2D eigenvalue weighted by Gasteiger charge is -2.32. The molecule has 0 saturated heterocycles. The molecule has 1 aromatic rings. The van der Waals surface area contributed by atoms with Crippen molar-refractivity contribution in [1.29, 1.82) is 0 Å². The summed E-state index contributed by atoms with van der Waals surface area (Å²) in [5.74, 6) is 0.709. The number of carbonyl (C=O) groups excluding carboxylic acids is 1. The van der Waals surface area contributed by atoms with Crippen LogP contribution in [0.5, 0.6) is 5.75 Å². The third-order valence-electron chi connectivity index (χ3n) is 2.53. The predicted molar refractivity (Wildman–Crippen MR) is 57.0 cm³/mol. The van der Waals surface area contributed by atoms with E-state index in [-0.39, 0.29) is 5.60 Å². The first-order chi connectivity index (χ1) is 7.12. The summed E-state index contributed by atoms with van der Waals surface area (Å²) in [6.07, 6.45) is 4.17. The van der Waals surface area contributed by atoms with Crippen LogP contribution in [0.25, 0.3) is 0 Å². The number of nitrogens with one attached hydrogen (secondary N) is 1. The number of aryl methyl sites for hydroxylation is 1. The van der Waals surface area contributed by atoms with Crippen LogP contribution in [-0.2, 0) is 11.2 Å². The summed E-state index contributed by atoms with van der Waals surface area (Å²) < 4.78 is 5.82. The first kappa shape index (κ1) is 9.96. The second-order valence-electron chi connectivity index (χ2n) is 4.26. The van der Waals surface area contributed by atoms with E-state index in [1.54, 1.807) is 12.3 Å². The van der Waals surface area contributed by atoms with Gasteiger partial charge in [0.25, 0.3) is 0 Å². The topological polar surface area (TPSA) is 51.2 Å². The maximum absolute atomic E-state index is 10.4. The van der Waals surface area contributed by atoms with Gasteiger partial charge in [-0.25, -0.2) is 0 Å². The van der Waals surface area contributed by atoms with Crippen LogP contribution in [-0.4, -0.2) is 17.0 Å². The second-order valence-corrected chi connectivity index (χ2v) is 4.26. The minimum Gasteiger partial charge on any atom is -0.484 e. The van der Waals surface area contributed by atoms with Crippen molar-refractivity contribution in [3.63, 3.8) is 0 Å². The fourth-order valence-corrected chi connectivity index (χ4v) is 1.71.